The quantitative estimate of drug-likeness (QED) is 0.764. The third-order valence-corrected chi connectivity index (χ3v) is 4.56. The largest absolute Gasteiger partial charge is 0.356 e. The predicted octanol–water partition coefficient (Wildman–Crippen LogP) is 2.87. The summed E-state index contributed by atoms with van der Waals surface area (Å²) in [6.07, 6.45) is 1.26. The first-order valence-corrected chi connectivity index (χ1v) is 8.93. The number of nitrogens with one attached hydrogen (secondary N) is 1. The molecular formula is C21H21FN2O3. The van der Waals surface area contributed by atoms with Gasteiger partial charge < -0.3 is 5.32 Å². The van der Waals surface area contributed by atoms with Crippen LogP contribution < -0.4 is 5.32 Å². The van der Waals surface area contributed by atoms with Crippen molar-refractivity contribution < 1.29 is 18.8 Å². The molecule has 0 unspecified atom stereocenters. The zero-order valence-corrected chi connectivity index (χ0v) is 15.1. The molecule has 0 fully saturated rings. The van der Waals surface area contributed by atoms with E-state index in [0.717, 1.165) is 11.1 Å². The maximum atomic E-state index is 12.8. The molecule has 1 aliphatic heterocycles. The molecule has 0 bridgehead atoms. The van der Waals surface area contributed by atoms with Crippen molar-refractivity contribution in [3.8, 4) is 0 Å². The summed E-state index contributed by atoms with van der Waals surface area (Å²) in [5.74, 6) is -1.02. The van der Waals surface area contributed by atoms with Crippen LogP contribution in [0.15, 0.2) is 42.5 Å². The number of halogens is 1. The Balaban J connectivity index is 1.42. The van der Waals surface area contributed by atoms with Gasteiger partial charge in [0.2, 0.25) is 5.91 Å². The van der Waals surface area contributed by atoms with Crippen molar-refractivity contribution in [3.63, 3.8) is 0 Å². The molecule has 0 saturated heterocycles. The van der Waals surface area contributed by atoms with Crippen molar-refractivity contribution in [3.05, 3.63) is 70.5 Å². The highest BCUT2D eigenvalue weighted by Crippen LogP contribution is 2.24. The lowest BCUT2D eigenvalue weighted by Crippen LogP contribution is -2.32. The van der Waals surface area contributed by atoms with Crippen LogP contribution in [0.25, 0.3) is 0 Å². The van der Waals surface area contributed by atoms with Gasteiger partial charge in [0.15, 0.2) is 0 Å². The van der Waals surface area contributed by atoms with Crippen LogP contribution in [0.5, 0.6) is 0 Å². The zero-order chi connectivity index (χ0) is 19.4. The second-order valence-electron chi connectivity index (χ2n) is 6.64. The van der Waals surface area contributed by atoms with Gasteiger partial charge >= 0.3 is 0 Å². The van der Waals surface area contributed by atoms with E-state index in [-0.39, 0.29) is 36.5 Å². The Morgan fingerprint density at radius 3 is 2.48 bits per heavy atom. The third kappa shape index (κ3) is 4.39. The van der Waals surface area contributed by atoms with Gasteiger partial charge in [-0.25, -0.2) is 4.39 Å². The molecule has 1 heterocycles. The molecule has 0 radical (unpaired) electrons. The normalized spacial score (nSPS) is 13.0. The Hall–Kier alpha value is -3.02. The van der Waals surface area contributed by atoms with Gasteiger partial charge in [0.05, 0.1) is 11.1 Å². The maximum Gasteiger partial charge on any atom is 0.261 e. The molecule has 3 amide bonds. The van der Waals surface area contributed by atoms with Crippen molar-refractivity contribution in [1.29, 1.82) is 0 Å². The molecule has 0 spiro atoms. The van der Waals surface area contributed by atoms with Crippen LogP contribution in [0.3, 0.4) is 0 Å². The van der Waals surface area contributed by atoms with Crippen LogP contribution in [-0.4, -0.2) is 35.7 Å². The number of amides is 3. The van der Waals surface area contributed by atoms with E-state index in [1.54, 1.807) is 24.3 Å². The van der Waals surface area contributed by atoms with Crippen LogP contribution in [-0.2, 0) is 11.2 Å². The van der Waals surface area contributed by atoms with E-state index in [0.29, 0.717) is 30.5 Å². The lowest BCUT2D eigenvalue weighted by Gasteiger charge is -2.13. The minimum absolute atomic E-state index is 0.135. The van der Waals surface area contributed by atoms with Gasteiger partial charge in [0.25, 0.3) is 11.8 Å². The van der Waals surface area contributed by atoms with Crippen LogP contribution in [0, 0.1) is 12.7 Å². The van der Waals surface area contributed by atoms with E-state index in [2.05, 4.69) is 5.32 Å². The van der Waals surface area contributed by atoms with E-state index in [9.17, 15) is 18.8 Å². The van der Waals surface area contributed by atoms with Gasteiger partial charge in [-0.15, -0.1) is 0 Å². The monoisotopic (exact) mass is 368 g/mol. The molecule has 27 heavy (non-hydrogen) atoms. The van der Waals surface area contributed by atoms with Crippen molar-refractivity contribution in [2.45, 2.75) is 26.2 Å². The summed E-state index contributed by atoms with van der Waals surface area (Å²) in [5, 5.41) is 2.80. The fourth-order valence-electron chi connectivity index (χ4n) is 3.09. The Labute approximate surface area is 157 Å². The Morgan fingerprint density at radius 2 is 1.74 bits per heavy atom. The van der Waals surface area contributed by atoms with E-state index in [1.807, 2.05) is 13.0 Å². The standard InChI is InChI=1S/C21H21FN2O3/c1-14-4-9-17-18(13-14)21(27)24(20(17)26)12-2-3-19(25)23-11-10-15-5-7-16(22)8-6-15/h4-9,13H,2-3,10-12H2,1H3,(H,23,25). The highest BCUT2D eigenvalue weighted by atomic mass is 19.1. The van der Waals surface area contributed by atoms with Crippen molar-refractivity contribution in [2.24, 2.45) is 0 Å². The minimum Gasteiger partial charge on any atom is -0.356 e. The Kier molecular flexibility index (Phi) is 5.64. The molecule has 0 aromatic heterocycles. The van der Waals surface area contributed by atoms with Crippen molar-refractivity contribution in [2.75, 3.05) is 13.1 Å². The molecule has 140 valence electrons. The van der Waals surface area contributed by atoms with Gasteiger partial charge in [-0.05, 0) is 49.6 Å². The van der Waals surface area contributed by atoms with E-state index < -0.39 is 0 Å². The molecule has 1 N–H and O–H groups in total. The van der Waals surface area contributed by atoms with Crippen LogP contribution in [0.1, 0.15) is 44.7 Å². The van der Waals surface area contributed by atoms with Gasteiger partial charge in [-0.2, -0.15) is 0 Å². The number of imide groups is 1. The second-order valence-corrected chi connectivity index (χ2v) is 6.64. The number of carbonyl (C=O) groups is 3. The summed E-state index contributed by atoms with van der Waals surface area (Å²) < 4.78 is 12.8. The first-order valence-electron chi connectivity index (χ1n) is 8.93. The van der Waals surface area contributed by atoms with Gasteiger partial charge in [0.1, 0.15) is 5.82 Å². The number of aryl methyl sites for hydroxylation is 1. The Morgan fingerprint density at radius 1 is 1.04 bits per heavy atom. The van der Waals surface area contributed by atoms with Crippen LogP contribution in [0.2, 0.25) is 0 Å². The molecule has 1 aliphatic rings. The molecular weight excluding hydrogens is 347 g/mol. The first kappa shape index (κ1) is 18.8. The fourth-order valence-corrected chi connectivity index (χ4v) is 3.09. The van der Waals surface area contributed by atoms with Gasteiger partial charge in [-0.1, -0.05) is 23.8 Å². The number of benzene rings is 2. The Bertz CT molecular complexity index is 877. The first-order chi connectivity index (χ1) is 13.0. The summed E-state index contributed by atoms with van der Waals surface area (Å²) in [4.78, 5) is 37.8. The van der Waals surface area contributed by atoms with E-state index >= 15 is 0 Å². The fraction of sp³-hybridized carbons (Fsp3) is 0.286. The van der Waals surface area contributed by atoms with Gasteiger partial charge in [0, 0.05) is 19.5 Å². The topological polar surface area (TPSA) is 66.5 Å². The second kappa shape index (κ2) is 8.12. The average Bonchev–Trinajstić information content (AvgIpc) is 2.87. The maximum absolute atomic E-state index is 12.8. The highest BCUT2D eigenvalue weighted by molar-refractivity contribution is 6.21. The smallest absolute Gasteiger partial charge is 0.261 e. The molecule has 0 aliphatic carbocycles. The lowest BCUT2D eigenvalue weighted by molar-refractivity contribution is -0.121. The SMILES string of the molecule is Cc1ccc2c(c1)C(=O)N(CCCC(=O)NCCc1ccc(F)cc1)C2=O. The van der Waals surface area contributed by atoms with Crippen LogP contribution >= 0.6 is 0 Å². The molecule has 3 rings (SSSR count). The molecule has 0 saturated carbocycles. The number of rotatable bonds is 7. The number of fused-ring (bicyclic) bond motifs is 1. The molecule has 6 heteroatoms. The highest BCUT2D eigenvalue weighted by Gasteiger charge is 2.34. The summed E-state index contributed by atoms with van der Waals surface area (Å²) >= 11 is 0. The van der Waals surface area contributed by atoms with Gasteiger partial charge in [-0.3, -0.25) is 19.3 Å². The molecule has 2 aromatic rings. The number of hydrogen-bond donors (Lipinski definition) is 1. The van der Waals surface area contributed by atoms with Crippen molar-refractivity contribution >= 4 is 17.7 Å². The van der Waals surface area contributed by atoms with E-state index in [4.69, 9.17) is 0 Å². The predicted molar refractivity (Wildman–Crippen MR) is 98.9 cm³/mol. The summed E-state index contributed by atoms with van der Waals surface area (Å²) in [7, 11) is 0. The summed E-state index contributed by atoms with van der Waals surface area (Å²) in [6, 6.07) is 11.4. The van der Waals surface area contributed by atoms with Crippen molar-refractivity contribution in [1.82, 2.24) is 10.2 Å². The molecule has 0 atom stereocenters. The summed E-state index contributed by atoms with van der Waals surface area (Å²) in [5.41, 5.74) is 2.73. The van der Waals surface area contributed by atoms with Crippen LogP contribution in [0.4, 0.5) is 4.39 Å². The molecule has 5 nitrogen and oxygen atoms in total. The number of hydrogen-bond acceptors (Lipinski definition) is 3. The summed E-state index contributed by atoms with van der Waals surface area (Å²) in [6.45, 7) is 2.55. The number of nitrogens with zero attached hydrogens (tertiary/aromatic N) is 1. The third-order valence-electron chi connectivity index (χ3n) is 4.56. The lowest BCUT2D eigenvalue weighted by atomic mass is 10.1. The minimum atomic E-state index is -0.299. The zero-order valence-electron chi connectivity index (χ0n) is 15.1. The van der Waals surface area contributed by atoms with E-state index in [1.165, 1.54) is 17.0 Å². The average molecular weight is 368 g/mol. The molecule has 2 aromatic carbocycles. The number of carbonyl (C=O) groups excluding carboxylic acids is 3.